The molecule has 1 aliphatic carbocycles. The third-order valence-corrected chi connectivity index (χ3v) is 11.9. The number of rotatable bonds is 11. The summed E-state index contributed by atoms with van der Waals surface area (Å²) in [6.45, 7) is 14.6. The third-order valence-electron chi connectivity index (χ3n) is 7.89. The Morgan fingerprint density at radius 2 is 1.37 bits per heavy atom. The van der Waals surface area contributed by atoms with E-state index >= 15 is 0 Å². The van der Waals surface area contributed by atoms with Gasteiger partial charge in [-0.15, -0.1) is 0 Å². The molecule has 46 heavy (non-hydrogen) atoms. The first-order valence-corrected chi connectivity index (χ1v) is 18.5. The maximum atomic E-state index is 13.5. The van der Waals surface area contributed by atoms with Crippen molar-refractivity contribution >= 4 is 37.4 Å². The number of methoxy groups -OCH3 is 2. The van der Waals surface area contributed by atoms with Crippen LogP contribution in [0.2, 0.25) is 0 Å². The molecule has 0 N–H and O–H groups in total. The summed E-state index contributed by atoms with van der Waals surface area (Å²) in [7, 11) is -0.0529. The van der Waals surface area contributed by atoms with Gasteiger partial charge in [0.05, 0.1) is 0 Å². The average Bonchev–Trinajstić information content (AvgIpc) is 3.00. The van der Waals surface area contributed by atoms with E-state index in [1.165, 1.54) is 19.8 Å². The van der Waals surface area contributed by atoms with Gasteiger partial charge in [-0.2, -0.15) is 0 Å². The molecule has 0 fully saturated rings. The van der Waals surface area contributed by atoms with Crippen LogP contribution in [-0.2, 0) is 18.8 Å². The summed E-state index contributed by atoms with van der Waals surface area (Å²) in [6.07, 6.45) is 8.27. The van der Waals surface area contributed by atoms with Gasteiger partial charge in [0.2, 0.25) is 5.79 Å². The third kappa shape index (κ3) is 9.72. The minimum absolute atomic E-state index is 0.162. The molecule has 3 aromatic carbocycles. The molecule has 1 aliphatic rings. The summed E-state index contributed by atoms with van der Waals surface area (Å²) in [6, 6.07) is 24.5. The van der Waals surface area contributed by atoms with Crippen molar-refractivity contribution in [2.24, 2.45) is 17.3 Å². The molecular weight excluding hydrogens is 610 g/mol. The molecule has 0 saturated heterocycles. The van der Waals surface area contributed by atoms with Crippen LogP contribution >= 0.6 is 15.7 Å². The molecule has 3 unspecified atom stereocenters. The number of allylic oxidation sites excluding steroid dienone is 2. The van der Waals surface area contributed by atoms with Gasteiger partial charge in [0.1, 0.15) is 5.92 Å². The smallest absolute Gasteiger partial charge is 0.349 e. The Bertz CT molecular complexity index is 1490. The fourth-order valence-corrected chi connectivity index (χ4v) is 9.87. The second-order valence-electron chi connectivity index (χ2n) is 13.2. The number of hydrogen-bond acceptors (Lipinski definition) is 5. The molecule has 0 bridgehead atoms. The molecular formula is C39H49O5P2+. The first-order chi connectivity index (χ1) is 21.7. The lowest BCUT2D eigenvalue weighted by atomic mass is 9.86. The molecule has 0 aliphatic heterocycles. The van der Waals surface area contributed by atoms with Gasteiger partial charge < -0.3 is 9.47 Å². The fraction of sp³-hybridized carbons (Fsp3) is 0.385. The van der Waals surface area contributed by atoms with Crippen LogP contribution in [0.5, 0.6) is 0 Å². The number of hydrogen-bond donors (Lipinski definition) is 0. The van der Waals surface area contributed by atoms with Crippen molar-refractivity contribution in [3.8, 4) is 0 Å². The van der Waals surface area contributed by atoms with Crippen molar-refractivity contribution in [2.45, 2.75) is 60.7 Å². The van der Waals surface area contributed by atoms with E-state index in [1.54, 1.807) is 24.3 Å². The summed E-state index contributed by atoms with van der Waals surface area (Å²) in [5.41, 5.74) is 4.30. The van der Waals surface area contributed by atoms with Crippen LogP contribution in [0.1, 0.15) is 61.2 Å². The zero-order chi connectivity index (χ0) is 34.1. The van der Waals surface area contributed by atoms with E-state index < -0.39 is 27.4 Å². The summed E-state index contributed by atoms with van der Waals surface area (Å²) < 4.78 is 23.3. The highest BCUT2D eigenvalue weighted by Gasteiger charge is 2.49. The number of carbonyl (C=O) groups is 2. The number of carbonyl (C=O) groups excluding carboxylic acids is 2. The first kappa shape index (κ1) is 37.4. The molecule has 0 amide bonds. The maximum absolute atomic E-state index is 13.5. The van der Waals surface area contributed by atoms with Crippen LogP contribution in [0.15, 0.2) is 97.1 Å². The van der Waals surface area contributed by atoms with Gasteiger partial charge in [0, 0.05) is 33.6 Å². The van der Waals surface area contributed by atoms with Gasteiger partial charge in [-0.1, -0.05) is 129 Å². The normalized spacial score (nSPS) is 16.4. The van der Waals surface area contributed by atoms with E-state index in [-0.39, 0.29) is 22.4 Å². The molecule has 3 aromatic rings. The quantitative estimate of drug-likeness (QED) is 0.152. The summed E-state index contributed by atoms with van der Waals surface area (Å²) in [5.74, 6) is -1.59. The van der Waals surface area contributed by atoms with Crippen LogP contribution in [-0.4, -0.2) is 37.2 Å². The van der Waals surface area contributed by atoms with Crippen LogP contribution in [0.3, 0.4) is 0 Å². The minimum atomic E-state index is -1.96. The van der Waals surface area contributed by atoms with Crippen LogP contribution in [0.25, 0.3) is 0 Å². The van der Waals surface area contributed by atoms with Gasteiger partial charge in [0.15, 0.2) is 11.7 Å². The maximum Gasteiger partial charge on any atom is 0.415 e. The second kappa shape index (κ2) is 16.7. The second-order valence-corrected chi connectivity index (χ2v) is 16.9. The van der Waals surface area contributed by atoms with Crippen LogP contribution in [0, 0.1) is 38.0 Å². The molecule has 0 saturated carbocycles. The average molecular weight is 660 g/mol. The predicted octanol–water partition coefficient (Wildman–Crippen LogP) is 9.03. The lowest BCUT2D eigenvalue weighted by Gasteiger charge is -2.32. The standard InChI is InChI=1S/C22H21OP.C17H28O4P/c1-16-14-17(2)21(18(3)15-16)22(23)24(19-10-6-4-7-11-19)20-12-8-5-9-13-20;1-13(11-16(2,3)4)12-22(19)15(18)14-9-7-8-10-17(14,20-5)21-6/h4-15H,1-3H3;7-10,13-14H,11-12H2,1-6H3/q;+1. The molecule has 0 heterocycles. The molecule has 5 nitrogen and oxygen atoms in total. The molecule has 0 aromatic heterocycles. The van der Waals surface area contributed by atoms with Gasteiger partial charge in [0.25, 0.3) is 0 Å². The van der Waals surface area contributed by atoms with Crippen molar-refractivity contribution in [2.75, 3.05) is 20.4 Å². The van der Waals surface area contributed by atoms with E-state index in [1.807, 2.05) is 57.2 Å². The topological polar surface area (TPSA) is 69.7 Å². The SMILES string of the molecule is COC1(OC)C=CC=CC1C(=O)[P+](=O)CC(C)CC(C)(C)C.Cc1cc(C)c(C(=O)P(c2ccccc2)c2ccccc2)c(C)c1. The highest BCUT2D eigenvalue weighted by atomic mass is 31.1. The van der Waals surface area contributed by atoms with E-state index in [2.05, 4.69) is 64.1 Å². The van der Waals surface area contributed by atoms with Gasteiger partial charge in [-0.05, 0) is 60.4 Å². The van der Waals surface area contributed by atoms with Crippen molar-refractivity contribution in [3.63, 3.8) is 0 Å². The lowest BCUT2D eigenvalue weighted by molar-refractivity contribution is -0.193. The zero-order valence-corrected chi connectivity index (χ0v) is 30.5. The van der Waals surface area contributed by atoms with Gasteiger partial charge in [-0.25, -0.2) is 4.79 Å². The Morgan fingerprint density at radius 3 is 1.83 bits per heavy atom. The number of ether oxygens (including phenoxy) is 2. The van der Waals surface area contributed by atoms with Crippen LogP contribution in [0.4, 0.5) is 0 Å². The lowest BCUT2D eigenvalue weighted by Crippen LogP contribution is -2.43. The van der Waals surface area contributed by atoms with Crippen molar-refractivity contribution in [3.05, 3.63) is 119 Å². The molecule has 4 rings (SSSR count). The Balaban J connectivity index is 0.000000252. The Morgan fingerprint density at radius 1 is 0.870 bits per heavy atom. The monoisotopic (exact) mass is 659 g/mol. The van der Waals surface area contributed by atoms with Crippen molar-refractivity contribution in [1.82, 2.24) is 0 Å². The van der Waals surface area contributed by atoms with Gasteiger partial charge in [-0.3, -0.25) is 4.79 Å². The first-order valence-electron chi connectivity index (χ1n) is 15.7. The summed E-state index contributed by atoms with van der Waals surface area (Å²) in [5, 5.41) is 2.20. The number of aryl methyl sites for hydroxylation is 3. The molecule has 244 valence electrons. The zero-order valence-electron chi connectivity index (χ0n) is 28.7. The molecule has 3 atom stereocenters. The summed E-state index contributed by atoms with van der Waals surface area (Å²) >= 11 is 0. The van der Waals surface area contributed by atoms with E-state index in [4.69, 9.17) is 9.47 Å². The summed E-state index contributed by atoms with van der Waals surface area (Å²) in [4.78, 5) is 26.1. The predicted molar refractivity (Wildman–Crippen MR) is 193 cm³/mol. The Kier molecular flexibility index (Phi) is 13.5. The number of benzene rings is 3. The molecule has 7 heteroatoms. The van der Waals surface area contributed by atoms with E-state index in [9.17, 15) is 14.2 Å². The largest absolute Gasteiger partial charge is 0.415 e. The minimum Gasteiger partial charge on any atom is -0.349 e. The van der Waals surface area contributed by atoms with Gasteiger partial charge >= 0.3 is 13.3 Å². The fourth-order valence-electron chi connectivity index (χ4n) is 6.14. The van der Waals surface area contributed by atoms with Crippen molar-refractivity contribution in [1.29, 1.82) is 0 Å². The van der Waals surface area contributed by atoms with E-state index in [0.29, 0.717) is 6.16 Å². The van der Waals surface area contributed by atoms with Crippen molar-refractivity contribution < 1.29 is 23.6 Å². The highest BCUT2D eigenvalue weighted by molar-refractivity contribution is 7.88. The highest BCUT2D eigenvalue weighted by Crippen LogP contribution is 2.41. The van der Waals surface area contributed by atoms with Crippen LogP contribution < -0.4 is 10.6 Å². The van der Waals surface area contributed by atoms with E-state index in [0.717, 1.165) is 33.7 Å². The molecule has 0 radical (unpaired) electrons. The Labute approximate surface area is 278 Å². The Hall–Kier alpha value is -3.07. The molecule has 0 spiro atoms.